The summed E-state index contributed by atoms with van der Waals surface area (Å²) < 4.78 is 16.7. The van der Waals surface area contributed by atoms with Gasteiger partial charge in [0.25, 0.3) is 0 Å². The van der Waals surface area contributed by atoms with Crippen LogP contribution in [0.5, 0.6) is 11.5 Å². The number of benzene rings is 3. The second-order valence-electron chi connectivity index (χ2n) is 6.18. The van der Waals surface area contributed by atoms with E-state index in [4.69, 9.17) is 13.9 Å². The molecule has 0 amide bonds. The molecule has 0 aliphatic heterocycles. The molecule has 3 heteroatoms. The van der Waals surface area contributed by atoms with E-state index in [9.17, 15) is 0 Å². The van der Waals surface area contributed by atoms with Gasteiger partial charge in [-0.1, -0.05) is 36.4 Å². The molecule has 1 heterocycles. The third-order valence-corrected chi connectivity index (χ3v) is 4.54. The molecule has 0 saturated heterocycles. The monoisotopic (exact) mass is 356 g/mol. The lowest BCUT2D eigenvalue weighted by molar-refractivity contribution is 0.414. The lowest BCUT2D eigenvalue weighted by Crippen LogP contribution is -1.83. The Labute approximate surface area is 158 Å². The minimum atomic E-state index is 0.824. The van der Waals surface area contributed by atoms with E-state index < -0.39 is 0 Å². The van der Waals surface area contributed by atoms with Crippen molar-refractivity contribution in [2.75, 3.05) is 14.2 Å². The summed E-state index contributed by atoms with van der Waals surface area (Å²) in [6.45, 7) is 0. The van der Waals surface area contributed by atoms with E-state index in [-0.39, 0.29) is 0 Å². The van der Waals surface area contributed by atoms with Gasteiger partial charge in [0.05, 0.1) is 14.2 Å². The highest BCUT2D eigenvalue weighted by Crippen LogP contribution is 2.35. The van der Waals surface area contributed by atoms with Crippen molar-refractivity contribution in [1.29, 1.82) is 0 Å². The largest absolute Gasteiger partial charge is 0.497 e. The Morgan fingerprint density at radius 1 is 0.704 bits per heavy atom. The first kappa shape index (κ1) is 17.0. The van der Waals surface area contributed by atoms with E-state index in [2.05, 4.69) is 18.2 Å². The summed E-state index contributed by atoms with van der Waals surface area (Å²) in [7, 11) is 3.34. The maximum Gasteiger partial charge on any atom is 0.142 e. The van der Waals surface area contributed by atoms with Gasteiger partial charge in [0, 0.05) is 16.5 Å². The molecule has 4 aromatic rings. The fourth-order valence-corrected chi connectivity index (χ4v) is 3.08. The second kappa shape index (κ2) is 7.42. The Kier molecular flexibility index (Phi) is 4.67. The molecule has 0 aliphatic carbocycles. The van der Waals surface area contributed by atoms with Gasteiger partial charge < -0.3 is 13.9 Å². The smallest absolute Gasteiger partial charge is 0.142 e. The molecule has 0 spiro atoms. The van der Waals surface area contributed by atoms with Crippen molar-refractivity contribution in [3.8, 4) is 22.8 Å². The molecule has 27 heavy (non-hydrogen) atoms. The van der Waals surface area contributed by atoms with Gasteiger partial charge >= 0.3 is 0 Å². The standard InChI is InChI=1S/C24H20O3/c1-25-19-12-7-17(8-13-19)9-16-22-21-5-3-4-6-23(21)27-24(22)18-10-14-20(26-2)15-11-18/h3-16H,1-2H3/b16-9+. The van der Waals surface area contributed by atoms with Crippen molar-refractivity contribution < 1.29 is 13.9 Å². The number of furan rings is 1. The third-order valence-electron chi connectivity index (χ3n) is 4.54. The summed E-state index contributed by atoms with van der Waals surface area (Å²) in [5.74, 6) is 2.52. The summed E-state index contributed by atoms with van der Waals surface area (Å²) in [4.78, 5) is 0. The summed E-state index contributed by atoms with van der Waals surface area (Å²) in [6, 6.07) is 24.0. The van der Waals surface area contributed by atoms with E-state index >= 15 is 0 Å². The van der Waals surface area contributed by atoms with Crippen LogP contribution >= 0.6 is 0 Å². The molecule has 0 unspecified atom stereocenters. The first-order valence-electron chi connectivity index (χ1n) is 8.76. The summed E-state index contributed by atoms with van der Waals surface area (Å²) in [5.41, 5.74) is 4.05. The van der Waals surface area contributed by atoms with Crippen molar-refractivity contribution >= 4 is 23.1 Å². The fraction of sp³-hybridized carbons (Fsp3) is 0.0833. The highest BCUT2D eigenvalue weighted by Gasteiger charge is 2.13. The van der Waals surface area contributed by atoms with E-state index in [0.29, 0.717) is 0 Å². The van der Waals surface area contributed by atoms with E-state index in [1.807, 2.05) is 66.7 Å². The van der Waals surface area contributed by atoms with Crippen LogP contribution in [0.4, 0.5) is 0 Å². The van der Waals surface area contributed by atoms with E-state index in [1.54, 1.807) is 14.2 Å². The number of para-hydroxylation sites is 1. The maximum absolute atomic E-state index is 6.17. The SMILES string of the molecule is COc1ccc(/C=C/c2c(-c3ccc(OC)cc3)oc3ccccc23)cc1. The molecule has 134 valence electrons. The van der Waals surface area contributed by atoms with Crippen LogP contribution in [0.15, 0.2) is 77.2 Å². The molecule has 0 aliphatic rings. The Hall–Kier alpha value is -3.46. The number of rotatable bonds is 5. The maximum atomic E-state index is 6.17. The van der Waals surface area contributed by atoms with Gasteiger partial charge in [-0.3, -0.25) is 0 Å². The third kappa shape index (κ3) is 3.44. The fourth-order valence-electron chi connectivity index (χ4n) is 3.08. The second-order valence-corrected chi connectivity index (χ2v) is 6.18. The summed E-state index contributed by atoms with van der Waals surface area (Å²) in [6.07, 6.45) is 4.19. The highest BCUT2D eigenvalue weighted by atomic mass is 16.5. The summed E-state index contributed by atoms with van der Waals surface area (Å²) >= 11 is 0. The molecule has 0 atom stereocenters. The van der Waals surface area contributed by atoms with Crippen molar-refractivity contribution in [1.82, 2.24) is 0 Å². The van der Waals surface area contributed by atoms with Gasteiger partial charge in [-0.25, -0.2) is 0 Å². The average molecular weight is 356 g/mol. The van der Waals surface area contributed by atoms with Crippen LogP contribution in [0, 0.1) is 0 Å². The molecule has 0 fully saturated rings. The zero-order chi connectivity index (χ0) is 18.6. The average Bonchev–Trinajstić information content (AvgIpc) is 3.11. The molecular formula is C24H20O3. The Bertz CT molecular complexity index is 1070. The molecule has 1 aromatic heterocycles. The molecule has 4 rings (SSSR count). The van der Waals surface area contributed by atoms with Crippen LogP contribution in [-0.2, 0) is 0 Å². The molecule has 3 nitrogen and oxygen atoms in total. The number of fused-ring (bicyclic) bond motifs is 1. The van der Waals surface area contributed by atoms with Crippen LogP contribution < -0.4 is 9.47 Å². The first-order chi connectivity index (χ1) is 13.3. The van der Waals surface area contributed by atoms with Crippen LogP contribution in [0.25, 0.3) is 34.4 Å². The molecule has 3 aromatic carbocycles. The van der Waals surface area contributed by atoms with E-state index in [0.717, 1.165) is 44.9 Å². The zero-order valence-corrected chi connectivity index (χ0v) is 15.3. The van der Waals surface area contributed by atoms with Gasteiger partial charge in [0.2, 0.25) is 0 Å². The predicted molar refractivity (Wildman–Crippen MR) is 110 cm³/mol. The quantitative estimate of drug-likeness (QED) is 0.421. The predicted octanol–water partition coefficient (Wildman–Crippen LogP) is 6.29. The Morgan fingerprint density at radius 3 is 2.00 bits per heavy atom. The Balaban J connectivity index is 1.78. The summed E-state index contributed by atoms with van der Waals surface area (Å²) in [5, 5.41) is 1.09. The number of methoxy groups -OCH3 is 2. The lowest BCUT2D eigenvalue weighted by atomic mass is 10.0. The van der Waals surface area contributed by atoms with Crippen molar-refractivity contribution in [2.45, 2.75) is 0 Å². The molecule has 0 radical (unpaired) electrons. The van der Waals surface area contributed by atoms with Crippen LogP contribution in [0.1, 0.15) is 11.1 Å². The molecular weight excluding hydrogens is 336 g/mol. The topological polar surface area (TPSA) is 31.6 Å². The van der Waals surface area contributed by atoms with Gasteiger partial charge in [-0.05, 0) is 54.1 Å². The highest BCUT2D eigenvalue weighted by molar-refractivity contribution is 5.96. The van der Waals surface area contributed by atoms with Crippen LogP contribution in [0.2, 0.25) is 0 Å². The van der Waals surface area contributed by atoms with Crippen LogP contribution in [-0.4, -0.2) is 14.2 Å². The zero-order valence-electron chi connectivity index (χ0n) is 15.3. The molecule has 0 bridgehead atoms. The van der Waals surface area contributed by atoms with Gasteiger partial charge in [-0.15, -0.1) is 0 Å². The normalized spacial score (nSPS) is 11.2. The number of ether oxygens (including phenoxy) is 2. The Morgan fingerprint density at radius 2 is 1.33 bits per heavy atom. The lowest BCUT2D eigenvalue weighted by Gasteiger charge is -2.03. The van der Waals surface area contributed by atoms with Gasteiger partial charge in [0.15, 0.2) is 0 Å². The molecule has 0 saturated carbocycles. The van der Waals surface area contributed by atoms with Gasteiger partial charge in [0.1, 0.15) is 22.8 Å². The molecule has 0 N–H and O–H groups in total. The van der Waals surface area contributed by atoms with E-state index in [1.165, 1.54) is 0 Å². The number of hydrogen-bond acceptors (Lipinski definition) is 3. The number of hydrogen-bond donors (Lipinski definition) is 0. The van der Waals surface area contributed by atoms with Crippen molar-refractivity contribution in [3.63, 3.8) is 0 Å². The minimum Gasteiger partial charge on any atom is -0.497 e. The minimum absolute atomic E-state index is 0.824. The van der Waals surface area contributed by atoms with Gasteiger partial charge in [-0.2, -0.15) is 0 Å². The van der Waals surface area contributed by atoms with Crippen molar-refractivity contribution in [3.05, 3.63) is 83.9 Å². The van der Waals surface area contributed by atoms with Crippen LogP contribution in [0.3, 0.4) is 0 Å². The first-order valence-corrected chi connectivity index (χ1v) is 8.76. The van der Waals surface area contributed by atoms with Crippen molar-refractivity contribution in [2.24, 2.45) is 0 Å².